The SMILES string of the molecule is CC(=O)N1CC2(C1)SCCN2C(=O)[C@@H](N)[C@@H](C)O. The Morgan fingerprint density at radius 1 is 1.44 bits per heavy atom. The molecule has 2 atom stereocenters. The van der Waals surface area contributed by atoms with E-state index >= 15 is 0 Å². The van der Waals surface area contributed by atoms with Crippen molar-refractivity contribution in [1.82, 2.24) is 9.80 Å². The Morgan fingerprint density at radius 2 is 2.06 bits per heavy atom. The molecule has 2 aliphatic rings. The Morgan fingerprint density at radius 3 is 2.56 bits per heavy atom. The highest BCUT2D eigenvalue weighted by Gasteiger charge is 2.54. The van der Waals surface area contributed by atoms with Crippen LogP contribution >= 0.6 is 11.8 Å². The summed E-state index contributed by atoms with van der Waals surface area (Å²) in [5.74, 6) is 0.655. The van der Waals surface area contributed by atoms with E-state index < -0.39 is 12.1 Å². The quantitative estimate of drug-likeness (QED) is 0.662. The number of aliphatic hydroxyl groups excluding tert-OH is 1. The maximum atomic E-state index is 12.2. The zero-order chi connectivity index (χ0) is 13.5. The molecule has 0 saturated carbocycles. The molecule has 3 N–H and O–H groups in total. The van der Waals surface area contributed by atoms with E-state index in [1.807, 2.05) is 0 Å². The van der Waals surface area contributed by atoms with Crippen molar-refractivity contribution in [2.45, 2.75) is 30.9 Å². The molecule has 18 heavy (non-hydrogen) atoms. The number of aliphatic hydroxyl groups is 1. The van der Waals surface area contributed by atoms with Crippen molar-refractivity contribution in [2.75, 3.05) is 25.4 Å². The number of hydrogen-bond acceptors (Lipinski definition) is 5. The predicted molar refractivity (Wildman–Crippen MR) is 68.8 cm³/mol. The topological polar surface area (TPSA) is 86.9 Å². The van der Waals surface area contributed by atoms with Gasteiger partial charge in [-0.3, -0.25) is 9.59 Å². The maximum absolute atomic E-state index is 12.2. The van der Waals surface area contributed by atoms with Gasteiger partial charge in [-0.15, -0.1) is 11.8 Å². The van der Waals surface area contributed by atoms with Gasteiger partial charge in [0.15, 0.2) is 0 Å². The molecular weight excluding hydrogens is 254 g/mol. The number of nitrogens with zero attached hydrogens (tertiary/aromatic N) is 2. The van der Waals surface area contributed by atoms with Crippen LogP contribution in [-0.2, 0) is 9.59 Å². The number of hydrogen-bond donors (Lipinski definition) is 2. The lowest BCUT2D eigenvalue weighted by Crippen LogP contribution is -2.70. The number of amides is 2. The smallest absolute Gasteiger partial charge is 0.243 e. The number of carbonyl (C=O) groups is 2. The lowest BCUT2D eigenvalue weighted by atomic mass is 10.0. The van der Waals surface area contributed by atoms with Crippen LogP contribution in [0.1, 0.15) is 13.8 Å². The Hall–Kier alpha value is -0.790. The molecule has 7 heteroatoms. The molecule has 0 radical (unpaired) electrons. The summed E-state index contributed by atoms with van der Waals surface area (Å²) in [6, 6.07) is -0.882. The van der Waals surface area contributed by atoms with Crippen LogP contribution in [0.4, 0.5) is 0 Å². The largest absolute Gasteiger partial charge is 0.391 e. The van der Waals surface area contributed by atoms with Crippen LogP contribution in [0, 0.1) is 0 Å². The van der Waals surface area contributed by atoms with Crippen molar-refractivity contribution in [3.05, 3.63) is 0 Å². The summed E-state index contributed by atoms with van der Waals surface area (Å²) in [6.07, 6.45) is -0.857. The Balaban J connectivity index is 2.05. The van der Waals surface area contributed by atoms with Crippen molar-refractivity contribution in [3.8, 4) is 0 Å². The molecule has 102 valence electrons. The van der Waals surface area contributed by atoms with Gasteiger partial charge in [0.05, 0.1) is 19.2 Å². The molecular formula is C11H19N3O3S. The van der Waals surface area contributed by atoms with Crippen LogP contribution in [0.2, 0.25) is 0 Å². The fourth-order valence-corrected chi connectivity index (χ4v) is 3.83. The molecule has 2 fully saturated rings. The lowest BCUT2D eigenvalue weighted by molar-refractivity contribution is -0.148. The van der Waals surface area contributed by atoms with Crippen molar-refractivity contribution in [2.24, 2.45) is 5.73 Å². The van der Waals surface area contributed by atoms with Crippen LogP contribution in [-0.4, -0.2) is 69.1 Å². The summed E-state index contributed by atoms with van der Waals surface area (Å²) < 4.78 is 0. The first-order chi connectivity index (χ1) is 8.37. The van der Waals surface area contributed by atoms with E-state index in [0.29, 0.717) is 19.6 Å². The van der Waals surface area contributed by atoms with E-state index in [1.54, 1.807) is 21.6 Å². The zero-order valence-corrected chi connectivity index (χ0v) is 11.4. The van der Waals surface area contributed by atoms with Crippen LogP contribution in [0.3, 0.4) is 0 Å². The molecule has 0 aromatic carbocycles. The molecule has 0 bridgehead atoms. The minimum Gasteiger partial charge on any atom is -0.391 e. The fraction of sp³-hybridized carbons (Fsp3) is 0.818. The third-order valence-electron chi connectivity index (χ3n) is 3.57. The Kier molecular flexibility index (Phi) is 3.57. The molecule has 6 nitrogen and oxygen atoms in total. The molecule has 2 aliphatic heterocycles. The molecule has 0 aromatic heterocycles. The van der Waals surface area contributed by atoms with E-state index in [0.717, 1.165) is 5.75 Å². The van der Waals surface area contributed by atoms with Gasteiger partial charge in [0.2, 0.25) is 11.8 Å². The number of likely N-dealkylation sites (tertiary alicyclic amines) is 1. The van der Waals surface area contributed by atoms with E-state index in [-0.39, 0.29) is 16.7 Å². The fourth-order valence-electron chi connectivity index (χ4n) is 2.34. The second kappa shape index (κ2) is 4.71. The predicted octanol–water partition coefficient (Wildman–Crippen LogP) is -1.17. The van der Waals surface area contributed by atoms with Crippen LogP contribution in [0.5, 0.6) is 0 Å². The van der Waals surface area contributed by atoms with Crippen molar-refractivity contribution in [1.29, 1.82) is 0 Å². The number of thioether (sulfide) groups is 1. The maximum Gasteiger partial charge on any atom is 0.243 e. The van der Waals surface area contributed by atoms with E-state index in [9.17, 15) is 14.7 Å². The number of carbonyl (C=O) groups excluding carboxylic acids is 2. The monoisotopic (exact) mass is 273 g/mol. The second-order valence-electron chi connectivity index (χ2n) is 4.93. The van der Waals surface area contributed by atoms with Crippen LogP contribution in [0.25, 0.3) is 0 Å². The zero-order valence-electron chi connectivity index (χ0n) is 10.6. The van der Waals surface area contributed by atoms with Gasteiger partial charge in [-0.25, -0.2) is 0 Å². The highest BCUT2D eigenvalue weighted by atomic mass is 32.2. The third kappa shape index (κ3) is 2.10. The molecule has 0 aliphatic carbocycles. The average Bonchev–Trinajstić information content (AvgIpc) is 2.68. The highest BCUT2D eigenvalue weighted by Crippen LogP contribution is 2.43. The molecule has 0 unspecified atom stereocenters. The summed E-state index contributed by atoms with van der Waals surface area (Å²) in [6.45, 7) is 4.80. The minimum absolute atomic E-state index is 0.0281. The molecule has 2 heterocycles. The van der Waals surface area contributed by atoms with Gasteiger partial charge in [-0.05, 0) is 6.92 Å². The van der Waals surface area contributed by atoms with Gasteiger partial charge in [0.1, 0.15) is 10.9 Å². The van der Waals surface area contributed by atoms with Crippen molar-refractivity contribution in [3.63, 3.8) is 0 Å². The first-order valence-electron chi connectivity index (χ1n) is 6.02. The summed E-state index contributed by atoms with van der Waals surface area (Å²) in [7, 11) is 0. The van der Waals surface area contributed by atoms with Crippen molar-refractivity contribution >= 4 is 23.6 Å². The second-order valence-corrected chi connectivity index (χ2v) is 6.38. The average molecular weight is 273 g/mol. The van der Waals surface area contributed by atoms with Gasteiger partial charge < -0.3 is 20.6 Å². The third-order valence-corrected chi connectivity index (χ3v) is 4.97. The first-order valence-corrected chi connectivity index (χ1v) is 7.00. The van der Waals surface area contributed by atoms with E-state index in [1.165, 1.54) is 13.8 Å². The molecule has 2 amide bonds. The van der Waals surface area contributed by atoms with Gasteiger partial charge in [-0.2, -0.15) is 0 Å². The van der Waals surface area contributed by atoms with Gasteiger partial charge in [0, 0.05) is 19.2 Å². The molecule has 2 rings (SSSR count). The van der Waals surface area contributed by atoms with E-state index in [2.05, 4.69) is 0 Å². The lowest BCUT2D eigenvalue weighted by Gasteiger charge is -2.51. The summed E-state index contributed by atoms with van der Waals surface area (Å²) >= 11 is 1.69. The summed E-state index contributed by atoms with van der Waals surface area (Å²) in [4.78, 5) is 26.6. The molecule has 1 spiro atoms. The van der Waals surface area contributed by atoms with Crippen molar-refractivity contribution < 1.29 is 14.7 Å². The summed E-state index contributed by atoms with van der Waals surface area (Å²) in [5.41, 5.74) is 5.70. The molecule has 0 aromatic rings. The van der Waals surface area contributed by atoms with Gasteiger partial charge in [-0.1, -0.05) is 0 Å². The van der Waals surface area contributed by atoms with Crippen LogP contribution < -0.4 is 5.73 Å². The standard InChI is InChI=1S/C11H19N3O3S/c1-7(15)9(12)10(17)14-3-4-18-11(14)5-13(6-11)8(2)16/h7,9,15H,3-6,12H2,1-2H3/t7-,9+/m1/s1. The highest BCUT2D eigenvalue weighted by molar-refractivity contribution is 8.01. The molecule has 2 saturated heterocycles. The Bertz CT molecular complexity index is 369. The normalized spacial score (nSPS) is 24.9. The number of rotatable bonds is 2. The van der Waals surface area contributed by atoms with Gasteiger partial charge >= 0.3 is 0 Å². The number of nitrogens with two attached hydrogens (primary N) is 1. The van der Waals surface area contributed by atoms with E-state index in [4.69, 9.17) is 5.73 Å². The van der Waals surface area contributed by atoms with Gasteiger partial charge in [0.25, 0.3) is 0 Å². The Labute approximate surface area is 110 Å². The minimum atomic E-state index is -0.882. The van der Waals surface area contributed by atoms with Crippen LogP contribution in [0.15, 0.2) is 0 Å². The first kappa shape index (κ1) is 13.6. The summed E-state index contributed by atoms with van der Waals surface area (Å²) in [5, 5.41) is 9.41.